The van der Waals surface area contributed by atoms with E-state index in [1.807, 2.05) is 6.92 Å². The highest BCUT2D eigenvalue weighted by Gasteiger charge is 2.37. The molecule has 1 aliphatic carbocycles. The fourth-order valence-corrected chi connectivity index (χ4v) is 4.32. The summed E-state index contributed by atoms with van der Waals surface area (Å²) in [6.07, 6.45) is 9.90. The third-order valence-electron chi connectivity index (χ3n) is 5.94. The maximum atomic E-state index is 13.0. The maximum absolute atomic E-state index is 13.0. The number of carbonyl (C=O) groups is 3. The molecule has 1 aliphatic heterocycles. The van der Waals surface area contributed by atoms with E-state index in [0.29, 0.717) is 31.8 Å². The Morgan fingerprint density at radius 3 is 2.52 bits per heavy atom. The van der Waals surface area contributed by atoms with Crippen LogP contribution in [0.4, 0.5) is 0 Å². The molecule has 1 saturated carbocycles. The second-order valence-electron chi connectivity index (χ2n) is 8.02. The van der Waals surface area contributed by atoms with Gasteiger partial charge in [-0.1, -0.05) is 39.0 Å². The highest BCUT2D eigenvalue weighted by Crippen LogP contribution is 2.25. The van der Waals surface area contributed by atoms with Gasteiger partial charge in [0.25, 0.3) is 0 Å². The van der Waals surface area contributed by atoms with Crippen LogP contribution >= 0.6 is 0 Å². The average Bonchev–Trinajstić information content (AvgIpc) is 3.19. The molecule has 0 spiro atoms. The van der Waals surface area contributed by atoms with Crippen molar-refractivity contribution in [3.8, 4) is 0 Å². The summed E-state index contributed by atoms with van der Waals surface area (Å²) in [4.78, 5) is 38.9. The predicted octanol–water partition coefficient (Wildman–Crippen LogP) is 2.38. The quantitative estimate of drug-likeness (QED) is 0.422. The standard InChI is InChI=1S/C20H35N3O4/c1-2-3-10-16(13-18(24)22-27)20(26)23-12-7-11-17(23)19(25)21-14-15-8-5-4-6-9-15/h15-17,27H,2-14H2,1H3,(H,21,25)(H,22,24). The van der Waals surface area contributed by atoms with Crippen LogP contribution in [0.1, 0.15) is 77.6 Å². The molecule has 0 aromatic heterocycles. The normalized spacial score (nSPS) is 21.7. The molecule has 2 atom stereocenters. The Bertz CT molecular complexity index is 505. The fraction of sp³-hybridized carbons (Fsp3) is 0.850. The summed E-state index contributed by atoms with van der Waals surface area (Å²) >= 11 is 0. The first-order valence-corrected chi connectivity index (χ1v) is 10.6. The molecule has 27 heavy (non-hydrogen) atoms. The molecule has 2 unspecified atom stereocenters. The number of nitrogens with one attached hydrogen (secondary N) is 2. The van der Waals surface area contributed by atoms with Crippen LogP contribution in [0.25, 0.3) is 0 Å². The molecule has 3 amide bonds. The van der Waals surface area contributed by atoms with Crippen molar-refractivity contribution in [2.75, 3.05) is 13.1 Å². The van der Waals surface area contributed by atoms with Crippen LogP contribution in [0.2, 0.25) is 0 Å². The summed E-state index contributed by atoms with van der Waals surface area (Å²) in [5, 5.41) is 11.9. The van der Waals surface area contributed by atoms with Gasteiger partial charge in [-0.2, -0.15) is 0 Å². The lowest BCUT2D eigenvalue weighted by Crippen LogP contribution is -2.49. The lowest BCUT2D eigenvalue weighted by atomic mass is 9.89. The zero-order valence-corrected chi connectivity index (χ0v) is 16.5. The Balaban J connectivity index is 1.93. The minimum atomic E-state index is -0.554. The minimum Gasteiger partial charge on any atom is -0.354 e. The Kier molecular flexibility index (Phi) is 9.04. The first-order valence-electron chi connectivity index (χ1n) is 10.6. The smallest absolute Gasteiger partial charge is 0.244 e. The van der Waals surface area contributed by atoms with Crippen molar-refractivity contribution in [3.05, 3.63) is 0 Å². The first-order chi connectivity index (χ1) is 13.1. The van der Waals surface area contributed by atoms with E-state index < -0.39 is 17.9 Å². The number of amides is 3. The molecule has 0 aromatic carbocycles. The monoisotopic (exact) mass is 381 g/mol. The first kappa shape index (κ1) is 21.7. The molecule has 1 heterocycles. The molecule has 2 rings (SSSR count). The van der Waals surface area contributed by atoms with Crippen molar-refractivity contribution < 1.29 is 19.6 Å². The van der Waals surface area contributed by atoms with Crippen LogP contribution in [0, 0.1) is 11.8 Å². The van der Waals surface area contributed by atoms with Crippen molar-refractivity contribution in [2.24, 2.45) is 11.8 Å². The molecule has 7 nitrogen and oxygen atoms in total. The van der Waals surface area contributed by atoms with E-state index in [9.17, 15) is 14.4 Å². The summed E-state index contributed by atoms with van der Waals surface area (Å²) in [5.74, 6) is -0.681. The van der Waals surface area contributed by atoms with E-state index in [0.717, 1.165) is 19.3 Å². The minimum absolute atomic E-state index is 0.0394. The highest BCUT2D eigenvalue weighted by atomic mass is 16.5. The SMILES string of the molecule is CCCCC(CC(=O)NO)C(=O)N1CCCC1C(=O)NCC1CCCCC1. The molecular formula is C20H35N3O4. The van der Waals surface area contributed by atoms with Gasteiger partial charge in [0.05, 0.1) is 0 Å². The van der Waals surface area contributed by atoms with Crippen molar-refractivity contribution in [1.82, 2.24) is 15.7 Å². The summed E-state index contributed by atoms with van der Waals surface area (Å²) < 4.78 is 0. The number of hydroxylamine groups is 1. The van der Waals surface area contributed by atoms with Gasteiger partial charge in [-0.05, 0) is 38.0 Å². The summed E-state index contributed by atoms with van der Waals surface area (Å²) in [6, 6.07) is -0.428. The Morgan fingerprint density at radius 2 is 1.85 bits per heavy atom. The molecule has 3 N–H and O–H groups in total. The van der Waals surface area contributed by atoms with Gasteiger partial charge in [0.1, 0.15) is 6.04 Å². The van der Waals surface area contributed by atoms with E-state index in [1.54, 1.807) is 10.4 Å². The summed E-state index contributed by atoms with van der Waals surface area (Å²) in [6.45, 7) is 3.29. The third-order valence-corrected chi connectivity index (χ3v) is 5.94. The van der Waals surface area contributed by atoms with Gasteiger partial charge in [0, 0.05) is 25.4 Å². The number of carbonyl (C=O) groups excluding carboxylic acids is 3. The molecule has 2 aliphatic rings. The zero-order chi connectivity index (χ0) is 19.6. The molecule has 0 aromatic rings. The summed E-state index contributed by atoms with van der Waals surface area (Å²) in [7, 11) is 0. The molecule has 1 saturated heterocycles. The Hall–Kier alpha value is -1.63. The van der Waals surface area contributed by atoms with Crippen molar-refractivity contribution in [3.63, 3.8) is 0 Å². The Morgan fingerprint density at radius 1 is 1.11 bits per heavy atom. The van der Waals surface area contributed by atoms with Gasteiger partial charge in [-0.25, -0.2) is 5.48 Å². The highest BCUT2D eigenvalue weighted by molar-refractivity contribution is 5.91. The van der Waals surface area contributed by atoms with Gasteiger partial charge in [0.15, 0.2) is 0 Å². The second-order valence-corrected chi connectivity index (χ2v) is 8.02. The predicted molar refractivity (Wildman–Crippen MR) is 102 cm³/mol. The molecule has 0 radical (unpaired) electrons. The largest absolute Gasteiger partial charge is 0.354 e. The fourth-order valence-electron chi connectivity index (χ4n) is 4.32. The number of hydrogen-bond donors (Lipinski definition) is 3. The van der Waals surface area contributed by atoms with Crippen LogP contribution in [0.5, 0.6) is 0 Å². The molecule has 154 valence electrons. The number of likely N-dealkylation sites (tertiary alicyclic amines) is 1. The van der Waals surface area contributed by atoms with Gasteiger partial charge in [-0.3, -0.25) is 19.6 Å². The average molecular weight is 382 g/mol. The topological polar surface area (TPSA) is 98.7 Å². The maximum Gasteiger partial charge on any atom is 0.244 e. The second kappa shape index (κ2) is 11.3. The number of hydrogen-bond acceptors (Lipinski definition) is 4. The van der Waals surface area contributed by atoms with Gasteiger partial charge in [-0.15, -0.1) is 0 Å². The number of rotatable bonds is 9. The lowest BCUT2D eigenvalue weighted by molar-refractivity contribution is -0.144. The molecule has 0 bridgehead atoms. The van der Waals surface area contributed by atoms with E-state index >= 15 is 0 Å². The number of nitrogens with zero attached hydrogens (tertiary/aromatic N) is 1. The van der Waals surface area contributed by atoms with Crippen LogP contribution in [0.15, 0.2) is 0 Å². The Labute approximate surface area is 162 Å². The lowest BCUT2D eigenvalue weighted by Gasteiger charge is -2.29. The van der Waals surface area contributed by atoms with E-state index in [-0.39, 0.29) is 18.2 Å². The molecular weight excluding hydrogens is 346 g/mol. The molecule has 7 heteroatoms. The van der Waals surface area contributed by atoms with Crippen LogP contribution in [-0.2, 0) is 14.4 Å². The third kappa shape index (κ3) is 6.48. The van der Waals surface area contributed by atoms with Crippen LogP contribution < -0.4 is 10.8 Å². The van der Waals surface area contributed by atoms with E-state index in [2.05, 4.69) is 5.32 Å². The van der Waals surface area contributed by atoms with E-state index in [4.69, 9.17) is 5.21 Å². The van der Waals surface area contributed by atoms with Crippen molar-refractivity contribution in [2.45, 2.75) is 83.6 Å². The zero-order valence-electron chi connectivity index (χ0n) is 16.5. The van der Waals surface area contributed by atoms with Crippen LogP contribution in [0.3, 0.4) is 0 Å². The van der Waals surface area contributed by atoms with Gasteiger partial charge < -0.3 is 10.2 Å². The summed E-state index contributed by atoms with van der Waals surface area (Å²) in [5.41, 5.74) is 1.62. The van der Waals surface area contributed by atoms with Crippen molar-refractivity contribution >= 4 is 17.7 Å². The van der Waals surface area contributed by atoms with Crippen molar-refractivity contribution in [1.29, 1.82) is 0 Å². The van der Waals surface area contributed by atoms with Gasteiger partial charge >= 0.3 is 0 Å². The van der Waals surface area contributed by atoms with Gasteiger partial charge in [0.2, 0.25) is 17.7 Å². The van der Waals surface area contributed by atoms with Crippen LogP contribution in [-0.4, -0.2) is 47.0 Å². The number of unbranched alkanes of at least 4 members (excludes halogenated alkanes) is 1. The molecule has 2 fully saturated rings. The van der Waals surface area contributed by atoms with E-state index in [1.165, 1.54) is 32.1 Å².